The lowest BCUT2D eigenvalue weighted by molar-refractivity contribution is -0.386. The van der Waals surface area contributed by atoms with Gasteiger partial charge in [0.25, 0.3) is 0 Å². The second-order valence-electron chi connectivity index (χ2n) is 3.21. The molecule has 4 heteroatoms. The van der Waals surface area contributed by atoms with Gasteiger partial charge >= 0.3 is 0 Å². The molecule has 2 rings (SSSR count). The minimum absolute atomic E-state index is 0.614. The van der Waals surface area contributed by atoms with Gasteiger partial charge in [-0.3, -0.25) is 0 Å². The van der Waals surface area contributed by atoms with Gasteiger partial charge in [0.2, 0.25) is 0 Å². The molecular formula is C10H13ClNO2+. The number of rotatable bonds is 1. The zero-order chi connectivity index (χ0) is 9.97. The molecular weight excluding hydrogens is 202 g/mol. The summed E-state index contributed by atoms with van der Waals surface area (Å²) < 4.78 is 11.0. The molecule has 0 radical (unpaired) electrons. The summed E-state index contributed by atoms with van der Waals surface area (Å²) in [5.41, 5.74) is 4.88. The Balaban J connectivity index is 2.43. The van der Waals surface area contributed by atoms with E-state index in [-0.39, 0.29) is 0 Å². The van der Waals surface area contributed by atoms with Crippen LogP contribution in [0.1, 0.15) is 12.0 Å². The zero-order valence-electron chi connectivity index (χ0n) is 7.88. The molecule has 0 spiro atoms. The van der Waals surface area contributed by atoms with Gasteiger partial charge in [-0.15, -0.1) is 0 Å². The van der Waals surface area contributed by atoms with Crippen LogP contribution in [-0.2, 0) is 6.54 Å². The van der Waals surface area contributed by atoms with Crippen LogP contribution in [0.3, 0.4) is 0 Å². The Morgan fingerprint density at radius 3 is 2.86 bits per heavy atom. The Labute approximate surface area is 87.8 Å². The molecule has 0 aromatic heterocycles. The number of quaternary nitrogens is 1. The van der Waals surface area contributed by atoms with Crippen LogP contribution >= 0.6 is 11.6 Å². The average molecular weight is 215 g/mol. The van der Waals surface area contributed by atoms with Crippen LogP contribution in [0.25, 0.3) is 0 Å². The van der Waals surface area contributed by atoms with E-state index in [1.54, 1.807) is 0 Å². The smallest absolute Gasteiger partial charge is 0.179 e. The summed E-state index contributed by atoms with van der Waals surface area (Å²) in [5.74, 6) is 1.41. The number of hydrogen-bond donors (Lipinski definition) is 1. The van der Waals surface area contributed by atoms with E-state index in [1.807, 2.05) is 12.1 Å². The van der Waals surface area contributed by atoms with Crippen molar-refractivity contribution >= 4 is 11.6 Å². The summed E-state index contributed by atoms with van der Waals surface area (Å²) in [4.78, 5) is 0. The van der Waals surface area contributed by atoms with Gasteiger partial charge in [-0.05, 0) is 12.1 Å². The Morgan fingerprint density at radius 2 is 2.07 bits per heavy atom. The normalized spacial score (nSPS) is 15.0. The van der Waals surface area contributed by atoms with Crippen molar-refractivity contribution in [2.24, 2.45) is 0 Å². The Morgan fingerprint density at radius 1 is 1.29 bits per heavy atom. The van der Waals surface area contributed by atoms with Gasteiger partial charge in [-0.2, -0.15) is 0 Å². The fourth-order valence-electron chi connectivity index (χ4n) is 1.43. The third kappa shape index (κ3) is 1.79. The molecule has 0 bridgehead atoms. The first-order valence-electron chi connectivity index (χ1n) is 4.68. The van der Waals surface area contributed by atoms with Gasteiger partial charge in [0, 0.05) is 12.0 Å². The quantitative estimate of drug-likeness (QED) is 0.765. The molecule has 76 valence electrons. The molecule has 0 aliphatic carbocycles. The minimum atomic E-state index is 0.614. The predicted molar refractivity (Wildman–Crippen MR) is 53.7 cm³/mol. The highest BCUT2D eigenvalue weighted by Gasteiger charge is 2.15. The van der Waals surface area contributed by atoms with Crippen LogP contribution in [0.2, 0.25) is 5.02 Å². The SMILES string of the molecule is [NH3+]Cc1cc(Cl)c2c(c1)OCCCO2. The van der Waals surface area contributed by atoms with E-state index in [0.29, 0.717) is 30.5 Å². The van der Waals surface area contributed by atoms with Crippen molar-refractivity contribution in [2.45, 2.75) is 13.0 Å². The van der Waals surface area contributed by atoms with E-state index in [2.05, 4.69) is 5.73 Å². The van der Waals surface area contributed by atoms with E-state index in [4.69, 9.17) is 21.1 Å². The van der Waals surface area contributed by atoms with Crippen LogP contribution in [0, 0.1) is 0 Å². The summed E-state index contributed by atoms with van der Waals surface area (Å²) in [7, 11) is 0. The second-order valence-corrected chi connectivity index (χ2v) is 3.61. The second kappa shape index (κ2) is 4.07. The molecule has 0 amide bonds. The lowest BCUT2D eigenvalue weighted by Gasteiger charge is -2.09. The van der Waals surface area contributed by atoms with Crippen LogP contribution in [-0.4, -0.2) is 13.2 Å². The Bertz CT molecular complexity index is 341. The van der Waals surface area contributed by atoms with Crippen molar-refractivity contribution in [3.63, 3.8) is 0 Å². The first kappa shape index (κ1) is 9.62. The van der Waals surface area contributed by atoms with Gasteiger partial charge < -0.3 is 15.2 Å². The first-order chi connectivity index (χ1) is 6.81. The lowest BCUT2D eigenvalue weighted by Crippen LogP contribution is -2.47. The van der Waals surface area contributed by atoms with Gasteiger partial charge in [-0.1, -0.05) is 11.6 Å². The molecule has 1 heterocycles. The standard InChI is InChI=1S/C10H12ClNO2/c11-8-4-7(6-12)5-9-10(8)14-3-1-2-13-9/h4-5H,1-3,6,12H2/p+1. The number of halogens is 1. The lowest BCUT2D eigenvalue weighted by atomic mass is 10.2. The van der Waals surface area contributed by atoms with Gasteiger partial charge in [0.05, 0.1) is 24.8 Å². The summed E-state index contributed by atoms with van der Waals surface area (Å²) in [5, 5.41) is 0.614. The fourth-order valence-corrected chi connectivity index (χ4v) is 1.72. The third-order valence-electron chi connectivity index (χ3n) is 2.15. The molecule has 1 aliphatic rings. The molecule has 0 fully saturated rings. The molecule has 0 atom stereocenters. The zero-order valence-corrected chi connectivity index (χ0v) is 8.64. The molecule has 0 saturated heterocycles. The van der Waals surface area contributed by atoms with Crippen molar-refractivity contribution in [1.29, 1.82) is 0 Å². The maximum atomic E-state index is 6.07. The number of benzene rings is 1. The molecule has 1 aromatic rings. The molecule has 1 aromatic carbocycles. The maximum absolute atomic E-state index is 6.07. The van der Waals surface area contributed by atoms with Gasteiger partial charge in [-0.25, -0.2) is 0 Å². The predicted octanol–water partition coefficient (Wildman–Crippen LogP) is 1.24. The number of fused-ring (bicyclic) bond motifs is 1. The highest BCUT2D eigenvalue weighted by atomic mass is 35.5. The Kier molecular flexibility index (Phi) is 2.79. The third-order valence-corrected chi connectivity index (χ3v) is 2.43. The monoisotopic (exact) mass is 214 g/mol. The fraction of sp³-hybridized carbons (Fsp3) is 0.400. The minimum Gasteiger partial charge on any atom is -0.489 e. The van der Waals surface area contributed by atoms with Crippen molar-refractivity contribution in [1.82, 2.24) is 0 Å². The summed E-state index contributed by atoms with van der Waals surface area (Å²) in [6.45, 7) is 2.05. The van der Waals surface area contributed by atoms with Crippen molar-refractivity contribution in [3.05, 3.63) is 22.7 Å². The van der Waals surface area contributed by atoms with Crippen molar-refractivity contribution < 1.29 is 15.2 Å². The number of ether oxygens (including phenoxy) is 2. The van der Waals surface area contributed by atoms with Crippen LogP contribution in [0.15, 0.2) is 12.1 Å². The van der Waals surface area contributed by atoms with Crippen LogP contribution < -0.4 is 15.2 Å². The maximum Gasteiger partial charge on any atom is 0.179 e. The van der Waals surface area contributed by atoms with Crippen LogP contribution in [0.5, 0.6) is 11.5 Å². The largest absolute Gasteiger partial charge is 0.489 e. The van der Waals surface area contributed by atoms with Crippen LogP contribution in [0.4, 0.5) is 0 Å². The van der Waals surface area contributed by atoms with E-state index >= 15 is 0 Å². The molecule has 3 N–H and O–H groups in total. The highest BCUT2D eigenvalue weighted by Crippen LogP contribution is 2.37. The molecule has 0 unspecified atom stereocenters. The first-order valence-corrected chi connectivity index (χ1v) is 5.06. The highest BCUT2D eigenvalue weighted by molar-refractivity contribution is 6.32. The summed E-state index contributed by atoms with van der Waals surface area (Å²) >= 11 is 6.07. The summed E-state index contributed by atoms with van der Waals surface area (Å²) in [6, 6.07) is 3.82. The van der Waals surface area contributed by atoms with Gasteiger partial charge in [0.15, 0.2) is 11.5 Å². The molecule has 3 nitrogen and oxygen atoms in total. The number of hydrogen-bond acceptors (Lipinski definition) is 2. The molecule has 1 aliphatic heterocycles. The van der Waals surface area contributed by atoms with E-state index in [9.17, 15) is 0 Å². The van der Waals surface area contributed by atoms with E-state index in [0.717, 1.165) is 17.7 Å². The van der Waals surface area contributed by atoms with E-state index < -0.39 is 0 Å². The molecule has 0 saturated carbocycles. The van der Waals surface area contributed by atoms with Crippen molar-refractivity contribution in [2.75, 3.05) is 13.2 Å². The molecule has 14 heavy (non-hydrogen) atoms. The Hall–Kier alpha value is -0.930. The topological polar surface area (TPSA) is 46.1 Å². The van der Waals surface area contributed by atoms with Gasteiger partial charge in [0.1, 0.15) is 0 Å². The average Bonchev–Trinajstić information content (AvgIpc) is 2.42. The van der Waals surface area contributed by atoms with Crippen molar-refractivity contribution in [3.8, 4) is 11.5 Å². The summed E-state index contributed by atoms with van der Waals surface area (Å²) in [6.07, 6.45) is 0.894. The van der Waals surface area contributed by atoms with E-state index in [1.165, 1.54) is 0 Å².